The van der Waals surface area contributed by atoms with E-state index in [1.807, 2.05) is 0 Å². The highest BCUT2D eigenvalue weighted by Gasteiger charge is 2.19. The highest BCUT2D eigenvalue weighted by atomic mass is 35.5. The second kappa shape index (κ2) is 6.39. The van der Waals surface area contributed by atoms with Crippen molar-refractivity contribution in [3.63, 3.8) is 0 Å². The van der Waals surface area contributed by atoms with E-state index < -0.39 is 6.10 Å². The molecule has 0 saturated heterocycles. The third kappa shape index (κ3) is 3.15. The molecule has 1 heterocycles. The Kier molecular flexibility index (Phi) is 4.77. The summed E-state index contributed by atoms with van der Waals surface area (Å²) in [5, 5.41) is 11.2. The van der Waals surface area contributed by atoms with Gasteiger partial charge in [-0.2, -0.15) is 0 Å². The number of anilines is 1. The molecule has 2 rings (SSSR count). The number of aliphatic hydroxyl groups is 1. The average Bonchev–Trinajstić information content (AvgIpc) is 2.48. The van der Waals surface area contributed by atoms with Crippen LogP contribution < -0.4 is 15.2 Å². The molecule has 1 unspecified atom stereocenters. The summed E-state index contributed by atoms with van der Waals surface area (Å²) in [5.41, 5.74) is 6.66. The molecule has 0 fully saturated rings. The van der Waals surface area contributed by atoms with Crippen LogP contribution in [0, 0.1) is 0 Å². The lowest BCUT2D eigenvalue weighted by molar-refractivity contribution is 0.220. The highest BCUT2D eigenvalue weighted by Crippen LogP contribution is 2.39. The fourth-order valence-corrected chi connectivity index (χ4v) is 2.42. The summed E-state index contributed by atoms with van der Waals surface area (Å²) < 4.78 is 10.4. The van der Waals surface area contributed by atoms with Crippen molar-refractivity contribution in [3.8, 4) is 11.5 Å². The Labute approximate surface area is 132 Å². The van der Waals surface area contributed by atoms with Crippen molar-refractivity contribution >= 4 is 29.0 Å². The summed E-state index contributed by atoms with van der Waals surface area (Å²) in [4.78, 5) is 3.92. The molecular formula is C14H14Cl2N2O3. The van der Waals surface area contributed by atoms with Crippen molar-refractivity contribution in [2.24, 2.45) is 0 Å². The van der Waals surface area contributed by atoms with Crippen LogP contribution in [0.5, 0.6) is 11.5 Å². The standard InChI is InChI=1S/C14H14Cl2N2O3/c1-20-11-4-7(3-10(16)13(11)21-2)12(19)9-5-8(15)6-18-14(9)17/h3-6,12,19H,1-2H3,(H2,17,18). The molecule has 2 aromatic rings. The Morgan fingerprint density at radius 3 is 2.52 bits per heavy atom. The Morgan fingerprint density at radius 2 is 1.90 bits per heavy atom. The number of hydrogen-bond acceptors (Lipinski definition) is 5. The van der Waals surface area contributed by atoms with Crippen LogP contribution in [0.15, 0.2) is 24.4 Å². The molecule has 0 aliphatic heterocycles. The number of ether oxygens (including phenoxy) is 2. The molecule has 1 aromatic heterocycles. The maximum atomic E-state index is 10.5. The van der Waals surface area contributed by atoms with Crippen molar-refractivity contribution in [1.82, 2.24) is 4.98 Å². The maximum Gasteiger partial charge on any atom is 0.179 e. The Morgan fingerprint density at radius 1 is 1.19 bits per heavy atom. The summed E-state index contributed by atoms with van der Waals surface area (Å²) >= 11 is 12.0. The molecule has 1 aromatic carbocycles. The number of benzene rings is 1. The normalized spacial score (nSPS) is 12.0. The maximum absolute atomic E-state index is 10.5. The van der Waals surface area contributed by atoms with Crippen LogP contribution in [0.25, 0.3) is 0 Å². The monoisotopic (exact) mass is 328 g/mol. The number of rotatable bonds is 4. The van der Waals surface area contributed by atoms with Crippen LogP contribution in [0.2, 0.25) is 10.0 Å². The fourth-order valence-electron chi connectivity index (χ4n) is 1.96. The first-order valence-electron chi connectivity index (χ1n) is 5.98. The van der Waals surface area contributed by atoms with Crippen LogP contribution in [0.3, 0.4) is 0 Å². The lowest BCUT2D eigenvalue weighted by Gasteiger charge is -2.17. The Hall–Kier alpha value is -1.69. The lowest BCUT2D eigenvalue weighted by atomic mass is 10.0. The van der Waals surface area contributed by atoms with E-state index in [2.05, 4.69) is 4.98 Å². The molecule has 7 heteroatoms. The van der Waals surface area contributed by atoms with Crippen molar-refractivity contribution in [2.45, 2.75) is 6.10 Å². The van der Waals surface area contributed by atoms with Crippen LogP contribution in [-0.2, 0) is 0 Å². The second-order valence-electron chi connectivity index (χ2n) is 4.27. The largest absolute Gasteiger partial charge is 0.493 e. The van der Waals surface area contributed by atoms with Gasteiger partial charge in [-0.15, -0.1) is 0 Å². The molecule has 0 radical (unpaired) electrons. The van der Waals surface area contributed by atoms with Gasteiger partial charge in [-0.1, -0.05) is 23.2 Å². The van der Waals surface area contributed by atoms with Gasteiger partial charge in [-0.05, 0) is 23.8 Å². The molecule has 0 aliphatic carbocycles. The van der Waals surface area contributed by atoms with Gasteiger partial charge in [-0.3, -0.25) is 0 Å². The second-order valence-corrected chi connectivity index (χ2v) is 5.11. The number of aromatic nitrogens is 1. The van der Waals surface area contributed by atoms with Gasteiger partial charge in [-0.25, -0.2) is 4.98 Å². The number of methoxy groups -OCH3 is 2. The Balaban J connectivity index is 2.50. The van der Waals surface area contributed by atoms with Gasteiger partial charge in [0.05, 0.1) is 24.3 Å². The molecule has 3 N–H and O–H groups in total. The zero-order valence-corrected chi connectivity index (χ0v) is 12.9. The van der Waals surface area contributed by atoms with E-state index in [0.29, 0.717) is 32.7 Å². The van der Waals surface area contributed by atoms with Crippen LogP contribution in [-0.4, -0.2) is 24.3 Å². The smallest absolute Gasteiger partial charge is 0.179 e. The molecule has 0 bridgehead atoms. The zero-order chi connectivity index (χ0) is 15.6. The molecule has 5 nitrogen and oxygen atoms in total. The van der Waals surface area contributed by atoms with Crippen LogP contribution >= 0.6 is 23.2 Å². The number of nitrogen functional groups attached to an aromatic ring is 1. The molecule has 0 aliphatic rings. The summed E-state index contributed by atoms with van der Waals surface area (Å²) in [5.74, 6) is 0.998. The summed E-state index contributed by atoms with van der Waals surface area (Å²) in [6.07, 6.45) is 0.378. The number of nitrogens with two attached hydrogens (primary N) is 1. The molecule has 0 spiro atoms. The van der Waals surface area contributed by atoms with Crippen molar-refractivity contribution in [2.75, 3.05) is 20.0 Å². The highest BCUT2D eigenvalue weighted by molar-refractivity contribution is 6.32. The van der Waals surface area contributed by atoms with Gasteiger partial charge in [0.15, 0.2) is 11.5 Å². The first-order chi connectivity index (χ1) is 9.97. The predicted molar refractivity (Wildman–Crippen MR) is 82.3 cm³/mol. The van der Waals surface area contributed by atoms with E-state index in [0.717, 1.165) is 0 Å². The van der Waals surface area contributed by atoms with Gasteiger partial charge in [0.25, 0.3) is 0 Å². The third-order valence-electron chi connectivity index (χ3n) is 2.98. The molecule has 0 saturated carbocycles. The quantitative estimate of drug-likeness (QED) is 0.901. The SMILES string of the molecule is COc1cc(C(O)c2cc(Cl)cnc2N)cc(Cl)c1OC. The van der Waals surface area contributed by atoms with Crippen LogP contribution in [0.1, 0.15) is 17.2 Å². The van der Waals surface area contributed by atoms with Crippen molar-refractivity contribution in [1.29, 1.82) is 0 Å². The number of pyridine rings is 1. The third-order valence-corrected chi connectivity index (χ3v) is 3.47. The van der Waals surface area contributed by atoms with Gasteiger partial charge in [0.1, 0.15) is 11.9 Å². The van der Waals surface area contributed by atoms with Crippen LogP contribution in [0.4, 0.5) is 5.82 Å². The average molecular weight is 329 g/mol. The van der Waals surface area contributed by atoms with Crippen molar-refractivity contribution in [3.05, 3.63) is 45.6 Å². The summed E-state index contributed by atoms with van der Waals surface area (Å²) in [6, 6.07) is 4.75. The van der Waals surface area contributed by atoms with Gasteiger partial charge >= 0.3 is 0 Å². The molecule has 0 amide bonds. The molecule has 21 heavy (non-hydrogen) atoms. The first-order valence-corrected chi connectivity index (χ1v) is 6.74. The molecule has 112 valence electrons. The van der Waals surface area contributed by atoms with Gasteiger partial charge in [0.2, 0.25) is 0 Å². The number of hydrogen-bond donors (Lipinski definition) is 2. The number of halogens is 2. The predicted octanol–water partition coefficient (Wildman–Crippen LogP) is 3.07. The summed E-state index contributed by atoms with van der Waals surface area (Å²) in [7, 11) is 2.97. The number of aliphatic hydroxyl groups excluding tert-OH is 1. The fraction of sp³-hybridized carbons (Fsp3) is 0.214. The number of nitrogens with zero attached hydrogens (tertiary/aromatic N) is 1. The van der Waals surface area contributed by atoms with E-state index in [1.165, 1.54) is 20.4 Å². The lowest BCUT2D eigenvalue weighted by Crippen LogP contribution is -2.06. The van der Waals surface area contributed by atoms with Gasteiger partial charge < -0.3 is 20.3 Å². The van der Waals surface area contributed by atoms with E-state index in [-0.39, 0.29) is 5.82 Å². The van der Waals surface area contributed by atoms with E-state index in [9.17, 15) is 5.11 Å². The first kappa shape index (κ1) is 15.7. The van der Waals surface area contributed by atoms with Crippen molar-refractivity contribution < 1.29 is 14.6 Å². The summed E-state index contributed by atoms with van der Waals surface area (Å²) in [6.45, 7) is 0. The van der Waals surface area contributed by atoms with E-state index >= 15 is 0 Å². The minimum absolute atomic E-state index is 0.192. The molecule has 1 atom stereocenters. The zero-order valence-electron chi connectivity index (χ0n) is 11.4. The van der Waals surface area contributed by atoms with Gasteiger partial charge in [0, 0.05) is 11.8 Å². The topological polar surface area (TPSA) is 77.6 Å². The Bertz CT molecular complexity index is 665. The minimum atomic E-state index is -1.03. The minimum Gasteiger partial charge on any atom is -0.493 e. The van der Waals surface area contributed by atoms with E-state index in [4.69, 9.17) is 38.4 Å². The van der Waals surface area contributed by atoms with E-state index in [1.54, 1.807) is 18.2 Å². The molecular weight excluding hydrogens is 315 g/mol.